The first-order valence-electron chi connectivity index (χ1n) is 10.9. The highest BCUT2D eigenvalue weighted by molar-refractivity contribution is 6.30. The number of rotatable bonds is 7. The Bertz CT molecular complexity index is 1330. The second-order valence-corrected chi connectivity index (χ2v) is 8.44. The maximum absolute atomic E-state index is 13.1. The number of carbonyl (C=O) groups is 2. The van der Waals surface area contributed by atoms with Crippen molar-refractivity contribution in [1.82, 2.24) is 19.6 Å². The predicted molar refractivity (Wildman–Crippen MR) is 129 cm³/mol. The lowest BCUT2D eigenvalue weighted by molar-refractivity contribution is 0.0784. The van der Waals surface area contributed by atoms with E-state index in [0.29, 0.717) is 47.1 Å². The minimum Gasteiger partial charge on any atom is -0.347 e. The van der Waals surface area contributed by atoms with E-state index >= 15 is 0 Å². The van der Waals surface area contributed by atoms with E-state index in [4.69, 9.17) is 11.6 Å². The summed E-state index contributed by atoms with van der Waals surface area (Å²) in [6.07, 6.45) is 2.35. The molecule has 0 unspecified atom stereocenters. The van der Waals surface area contributed by atoms with Crippen molar-refractivity contribution in [3.05, 3.63) is 106 Å². The minimum atomic E-state index is -0.308. The third-order valence-corrected chi connectivity index (χ3v) is 5.78. The summed E-state index contributed by atoms with van der Waals surface area (Å²) in [5, 5.41) is 3.49. The molecule has 0 spiro atoms. The third-order valence-electron chi connectivity index (χ3n) is 5.54. The van der Waals surface area contributed by atoms with Gasteiger partial charge in [-0.2, -0.15) is 0 Å². The molecule has 6 nitrogen and oxygen atoms in total. The number of benzene rings is 2. The molecular formula is C26H24ClFN4O2. The van der Waals surface area contributed by atoms with Crippen LogP contribution in [-0.2, 0) is 19.5 Å². The maximum atomic E-state index is 13.1. The predicted octanol–water partition coefficient (Wildman–Crippen LogP) is 4.89. The van der Waals surface area contributed by atoms with E-state index in [1.165, 1.54) is 12.1 Å². The Labute approximate surface area is 202 Å². The normalized spacial score (nSPS) is 10.9. The van der Waals surface area contributed by atoms with Crippen LogP contribution in [0.15, 0.2) is 66.9 Å². The van der Waals surface area contributed by atoms with Gasteiger partial charge in [-0.3, -0.25) is 14.0 Å². The molecule has 2 heterocycles. The summed E-state index contributed by atoms with van der Waals surface area (Å²) in [6.45, 7) is 2.63. The highest BCUT2D eigenvalue weighted by Crippen LogP contribution is 2.18. The van der Waals surface area contributed by atoms with Crippen LogP contribution < -0.4 is 5.32 Å². The van der Waals surface area contributed by atoms with Crippen molar-refractivity contribution in [2.45, 2.75) is 26.4 Å². The Morgan fingerprint density at radius 1 is 1.06 bits per heavy atom. The number of nitrogens with one attached hydrogen (secondary N) is 1. The molecule has 0 aliphatic rings. The number of halogens is 2. The molecule has 0 aliphatic carbocycles. The minimum absolute atomic E-state index is 0.142. The molecule has 34 heavy (non-hydrogen) atoms. The van der Waals surface area contributed by atoms with Gasteiger partial charge in [-0.05, 0) is 47.9 Å². The molecule has 0 saturated heterocycles. The van der Waals surface area contributed by atoms with Gasteiger partial charge in [-0.1, -0.05) is 42.8 Å². The molecule has 8 heteroatoms. The zero-order chi connectivity index (χ0) is 24.2. The molecular weight excluding hydrogens is 455 g/mol. The second-order valence-electron chi connectivity index (χ2n) is 8.00. The lowest BCUT2D eigenvalue weighted by atomic mass is 10.1. The fourth-order valence-electron chi connectivity index (χ4n) is 3.74. The first-order valence-corrected chi connectivity index (χ1v) is 11.3. The SMILES string of the molecule is CCc1nc2cc(Cl)ccn2c1C(=O)NCc1ccc(C(=O)N(C)Cc2ccc(F)cc2)cc1. The Kier molecular flexibility index (Phi) is 6.93. The first-order chi connectivity index (χ1) is 16.4. The number of hydrogen-bond donors (Lipinski definition) is 1. The van der Waals surface area contributed by atoms with Crippen LogP contribution >= 0.6 is 11.6 Å². The number of fused-ring (bicyclic) bond motifs is 1. The number of imidazole rings is 1. The zero-order valence-electron chi connectivity index (χ0n) is 18.9. The summed E-state index contributed by atoms with van der Waals surface area (Å²) in [5.41, 5.74) is 4.06. The van der Waals surface area contributed by atoms with Gasteiger partial charge in [0, 0.05) is 43.0 Å². The van der Waals surface area contributed by atoms with Gasteiger partial charge in [0.2, 0.25) is 0 Å². The van der Waals surface area contributed by atoms with Gasteiger partial charge in [0.25, 0.3) is 11.8 Å². The Morgan fingerprint density at radius 3 is 2.41 bits per heavy atom. The smallest absolute Gasteiger partial charge is 0.270 e. The average molecular weight is 479 g/mol. The van der Waals surface area contributed by atoms with Gasteiger partial charge in [0.05, 0.1) is 5.69 Å². The van der Waals surface area contributed by atoms with Crippen molar-refractivity contribution in [3.8, 4) is 0 Å². The van der Waals surface area contributed by atoms with E-state index in [1.54, 1.807) is 58.9 Å². The Morgan fingerprint density at radius 2 is 1.74 bits per heavy atom. The topological polar surface area (TPSA) is 66.7 Å². The van der Waals surface area contributed by atoms with Gasteiger partial charge in [0.15, 0.2) is 0 Å². The van der Waals surface area contributed by atoms with Crippen LogP contribution in [0.2, 0.25) is 5.02 Å². The lowest BCUT2D eigenvalue weighted by Crippen LogP contribution is -2.26. The van der Waals surface area contributed by atoms with Gasteiger partial charge in [-0.15, -0.1) is 0 Å². The van der Waals surface area contributed by atoms with E-state index in [2.05, 4.69) is 10.3 Å². The van der Waals surface area contributed by atoms with Crippen LogP contribution in [0.3, 0.4) is 0 Å². The van der Waals surface area contributed by atoms with Crippen LogP contribution in [-0.4, -0.2) is 33.1 Å². The fraction of sp³-hybridized carbons (Fsp3) is 0.192. The van der Waals surface area contributed by atoms with Crippen LogP contribution in [0.25, 0.3) is 5.65 Å². The fourth-order valence-corrected chi connectivity index (χ4v) is 3.90. The average Bonchev–Trinajstić information content (AvgIpc) is 3.21. The van der Waals surface area contributed by atoms with E-state index in [0.717, 1.165) is 11.1 Å². The van der Waals surface area contributed by atoms with Gasteiger partial charge in [-0.25, -0.2) is 9.37 Å². The number of aromatic nitrogens is 2. The number of pyridine rings is 1. The number of nitrogens with zero attached hydrogens (tertiary/aromatic N) is 3. The molecule has 0 radical (unpaired) electrons. The molecule has 0 bridgehead atoms. The monoisotopic (exact) mass is 478 g/mol. The van der Waals surface area contributed by atoms with Crippen LogP contribution in [0.1, 0.15) is 44.6 Å². The molecule has 2 aromatic heterocycles. The van der Waals surface area contributed by atoms with Crippen LogP contribution in [0.5, 0.6) is 0 Å². The zero-order valence-corrected chi connectivity index (χ0v) is 19.6. The molecule has 0 aliphatic heterocycles. The molecule has 0 atom stereocenters. The number of carbonyl (C=O) groups excluding carboxylic acids is 2. The molecule has 2 amide bonds. The Balaban J connectivity index is 1.40. The molecule has 174 valence electrons. The number of aryl methyl sites for hydroxylation is 1. The quantitative estimate of drug-likeness (QED) is 0.411. The molecule has 0 saturated carbocycles. The Hall–Kier alpha value is -3.71. The highest BCUT2D eigenvalue weighted by Gasteiger charge is 2.18. The number of amides is 2. The van der Waals surface area contributed by atoms with Crippen molar-refractivity contribution in [2.75, 3.05) is 7.05 Å². The lowest BCUT2D eigenvalue weighted by Gasteiger charge is -2.17. The highest BCUT2D eigenvalue weighted by atomic mass is 35.5. The summed E-state index contributed by atoms with van der Waals surface area (Å²) >= 11 is 6.05. The maximum Gasteiger partial charge on any atom is 0.270 e. The molecule has 4 aromatic rings. The van der Waals surface area contributed by atoms with E-state index in [-0.39, 0.29) is 17.6 Å². The third kappa shape index (κ3) is 5.10. The van der Waals surface area contributed by atoms with Crippen molar-refractivity contribution in [1.29, 1.82) is 0 Å². The van der Waals surface area contributed by atoms with Crippen LogP contribution in [0, 0.1) is 5.82 Å². The van der Waals surface area contributed by atoms with E-state index < -0.39 is 0 Å². The summed E-state index contributed by atoms with van der Waals surface area (Å²) in [6, 6.07) is 16.6. The summed E-state index contributed by atoms with van der Waals surface area (Å²) in [7, 11) is 1.70. The van der Waals surface area contributed by atoms with Crippen molar-refractivity contribution >= 4 is 29.1 Å². The second kappa shape index (κ2) is 10.1. The summed E-state index contributed by atoms with van der Waals surface area (Å²) < 4.78 is 14.8. The van der Waals surface area contributed by atoms with Crippen molar-refractivity contribution in [3.63, 3.8) is 0 Å². The van der Waals surface area contributed by atoms with Gasteiger partial charge >= 0.3 is 0 Å². The largest absolute Gasteiger partial charge is 0.347 e. The van der Waals surface area contributed by atoms with Gasteiger partial charge < -0.3 is 10.2 Å². The summed E-state index contributed by atoms with van der Waals surface area (Å²) in [4.78, 5) is 31.7. The van der Waals surface area contributed by atoms with Gasteiger partial charge in [0.1, 0.15) is 17.2 Å². The van der Waals surface area contributed by atoms with E-state index in [1.807, 2.05) is 19.1 Å². The van der Waals surface area contributed by atoms with E-state index in [9.17, 15) is 14.0 Å². The van der Waals surface area contributed by atoms with Crippen LogP contribution in [0.4, 0.5) is 4.39 Å². The molecule has 4 rings (SSSR count). The van der Waals surface area contributed by atoms with Crippen molar-refractivity contribution < 1.29 is 14.0 Å². The number of hydrogen-bond acceptors (Lipinski definition) is 3. The first kappa shape index (κ1) is 23.4. The molecule has 2 aromatic carbocycles. The molecule has 1 N–H and O–H groups in total. The molecule has 0 fully saturated rings. The standard InChI is InChI=1S/C26H24ClFN4O2/c1-3-22-24(32-13-12-20(27)14-23(32)30-22)25(33)29-15-17-4-8-19(9-5-17)26(34)31(2)16-18-6-10-21(28)11-7-18/h4-14H,3,15-16H2,1-2H3,(H,29,33). The van der Waals surface area contributed by atoms with Crippen molar-refractivity contribution in [2.24, 2.45) is 0 Å². The summed E-state index contributed by atoms with van der Waals surface area (Å²) in [5.74, 6) is -0.681.